The minimum Gasteiger partial charge on any atom is -0.477 e. The summed E-state index contributed by atoms with van der Waals surface area (Å²) in [6.07, 6.45) is -2.35. The van der Waals surface area contributed by atoms with Crippen molar-refractivity contribution in [3.8, 4) is 11.3 Å². The predicted octanol–water partition coefficient (Wildman–Crippen LogP) is 4.58. The number of carbonyl (C=O) groups is 2. The van der Waals surface area contributed by atoms with E-state index < -0.39 is 28.5 Å². The number of aryl methyl sites for hydroxylation is 1. The number of nitrogens with one attached hydrogen (secondary N) is 1. The van der Waals surface area contributed by atoms with Crippen molar-refractivity contribution in [2.75, 3.05) is 5.32 Å². The lowest BCUT2D eigenvalue weighted by molar-refractivity contribution is -0.384. The molecule has 0 aliphatic carbocycles. The number of amides is 1. The summed E-state index contributed by atoms with van der Waals surface area (Å²) >= 11 is 0. The number of carboxylic acids is 1. The van der Waals surface area contributed by atoms with Crippen molar-refractivity contribution in [1.29, 1.82) is 0 Å². The zero-order valence-corrected chi connectivity index (χ0v) is 17.7. The molecule has 0 unspecified atom stereocenters. The van der Waals surface area contributed by atoms with Crippen molar-refractivity contribution in [2.24, 2.45) is 0 Å². The maximum Gasteiger partial charge on any atom is 0.416 e. The number of anilines is 1. The fourth-order valence-electron chi connectivity index (χ4n) is 3.50. The molecule has 2 aromatic heterocycles. The molecular weight excluding hydrogens is 471 g/mol. The molecule has 35 heavy (non-hydrogen) atoms. The van der Waals surface area contributed by atoms with Gasteiger partial charge in [-0.05, 0) is 42.8 Å². The van der Waals surface area contributed by atoms with Crippen LogP contribution in [0.15, 0.2) is 54.9 Å². The van der Waals surface area contributed by atoms with Gasteiger partial charge in [-0.25, -0.2) is 14.3 Å². The smallest absolute Gasteiger partial charge is 0.416 e. The third-order valence-corrected chi connectivity index (χ3v) is 5.16. The van der Waals surface area contributed by atoms with E-state index in [1.807, 2.05) is 0 Å². The Morgan fingerprint density at radius 2 is 1.89 bits per heavy atom. The average Bonchev–Trinajstić information content (AvgIpc) is 3.23. The highest BCUT2D eigenvalue weighted by molar-refractivity contribution is 6.05. The van der Waals surface area contributed by atoms with Crippen LogP contribution in [-0.4, -0.2) is 36.5 Å². The molecule has 0 radical (unpaired) electrons. The Bertz CT molecular complexity index is 1510. The van der Waals surface area contributed by atoms with Gasteiger partial charge >= 0.3 is 12.1 Å². The molecule has 0 fully saturated rings. The van der Waals surface area contributed by atoms with Gasteiger partial charge in [0.2, 0.25) is 0 Å². The van der Waals surface area contributed by atoms with E-state index in [1.54, 1.807) is 0 Å². The van der Waals surface area contributed by atoms with E-state index in [-0.39, 0.29) is 45.0 Å². The molecule has 0 saturated carbocycles. The number of fused-ring (bicyclic) bond motifs is 1. The lowest BCUT2D eigenvalue weighted by Gasteiger charge is -2.13. The number of nitro groups is 1. The van der Waals surface area contributed by atoms with Gasteiger partial charge < -0.3 is 10.4 Å². The Morgan fingerprint density at radius 1 is 1.14 bits per heavy atom. The van der Waals surface area contributed by atoms with Crippen LogP contribution in [0.1, 0.15) is 31.8 Å². The highest BCUT2D eigenvalue weighted by atomic mass is 19.4. The Hall–Kier alpha value is -4.81. The van der Waals surface area contributed by atoms with Crippen molar-refractivity contribution in [2.45, 2.75) is 13.1 Å². The Kier molecular flexibility index (Phi) is 5.68. The molecule has 13 heteroatoms. The van der Waals surface area contributed by atoms with Gasteiger partial charge in [0.1, 0.15) is 5.56 Å². The van der Waals surface area contributed by atoms with Gasteiger partial charge in [-0.3, -0.25) is 14.9 Å². The molecule has 10 nitrogen and oxygen atoms in total. The first-order chi connectivity index (χ1) is 16.5. The standard InChI is InChI=1S/C22H14F3N5O5/c1-11-2-3-12(8-16(11)22(23,24)25)20(31)28-13-4-5-18(30(34)35)14(9-13)17-6-7-26-19-15(21(32)33)10-27-29(17)19/h2-10H,1H3,(H,28,31)(H,32,33). The van der Waals surface area contributed by atoms with Crippen LogP contribution < -0.4 is 5.32 Å². The second kappa shape index (κ2) is 8.52. The van der Waals surface area contributed by atoms with E-state index in [0.29, 0.717) is 0 Å². The SMILES string of the molecule is Cc1ccc(C(=O)Nc2ccc([N+](=O)[O-])c(-c3ccnc4c(C(=O)O)cnn34)c2)cc1C(F)(F)F. The molecule has 0 atom stereocenters. The number of aromatic nitrogens is 3. The molecule has 4 aromatic rings. The molecule has 4 rings (SSSR count). The van der Waals surface area contributed by atoms with Crippen LogP contribution in [0.3, 0.4) is 0 Å². The van der Waals surface area contributed by atoms with Gasteiger partial charge in [0.25, 0.3) is 11.6 Å². The Labute approximate surface area is 193 Å². The topological polar surface area (TPSA) is 140 Å². The van der Waals surface area contributed by atoms with E-state index in [0.717, 1.165) is 22.8 Å². The number of carboxylic acid groups (broad SMARTS) is 1. The minimum atomic E-state index is -4.65. The van der Waals surface area contributed by atoms with E-state index in [9.17, 15) is 38.0 Å². The average molecular weight is 485 g/mol. The molecule has 2 aromatic carbocycles. The van der Waals surface area contributed by atoms with Crippen molar-refractivity contribution in [1.82, 2.24) is 14.6 Å². The quantitative estimate of drug-likeness (QED) is 0.311. The third-order valence-electron chi connectivity index (χ3n) is 5.16. The molecule has 2 heterocycles. The maximum absolute atomic E-state index is 13.2. The molecule has 178 valence electrons. The van der Waals surface area contributed by atoms with E-state index in [1.165, 1.54) is 43.5 Å². The van der Waals surface area contributed by atoms with Gasteiger partial charge in [-0.2, -0.15) is 18.3 Å². The fourth-order valence-corrected chi connectivity index (χ4v) is 3.50. The number of halogens is 3. The van der Waals surface area contributed by atoms with Crippen molar-refractivity contribution in [3.63, 3.8) is 0 Å². The van der Waals surface area contributed by atoms with Crippen LogP contribution >= 0.6 is 0 Å². The van der Waals surface area contributed by atoms with Gasteiger partial charge in [0, 0.05) is 23.5 Å². The number of nitrogens with zero attached hydrogens (tertiary/aromatic N) is 4. The number of alkyl halides is 3. The lowest BCUT2D eigenvalue weighted by atomic mass is 10.0. The second-order valence-corrected chi connectivity index (χ2v) is 7.40. The van der Waals surface area contributed by atoms with Crippen LogP contribution in [0.4, 0.5) is 24.5 Å². The van der Waals surface area contributed by atoms with E-state index in [2.05, 4.69) is 15.4 Å². The van der Waals surface area contributed by atoms with Crippen LogP contribution in [0, 0.1) is 17.0 Å². The molecule has 1 amide bonds. The van der Waals surface area contributed by atoms with Crippen LogP contribution in [0.2, 0.25) is 0 Å². The summed E-state index contributed by atoms with van der Waals surface area (Å²) in [6, 6.07) is 8.07. The van der Waals surface area contributed by atoms with Crippen molar-refractivity contribution >= 4 is 28.9 Å². The summed E-state index contributed by atoms with van der Waals surface area (Å²) < 4.78 is 40.7. The second-order valence-electron chi connectivity index (χ2n) is 7.40. The highest BCUT2D eigenvalue weighted by Crippen LogP contribution is 2.34. The summed E-state index contributed by atoms with van der Waals surface area (Å²) in [5, 5.41) is 27.3. The molecule has 2 N–H and O–H groups in total. The van der Waals surface area contributed by atoms with Crippen LogP contribution in [0.5, 0.6) is 0 Å². The summed E-state index contributed by atoms with van der Waals surface area (Å²) in [7, 11) is 0. The lowest BCUT2D eigenvalue weighted by Crippen LogP contribution is -2.15. The number of nitro benzene ring substituents is 1. The summed E-state index contributed by atoms with van der Waals surface area (Å²) in [5.41, 5.74) is -1.78. The third kappa shape index (κ3) is 4.38. The number of benzene rings is 2. The van der Waals surface area contributed by atoms with Gasteiger partial charge in [0.05, 0.1) is 27.9 Å². The molecule has 0 spiro atoms. The van der Waals surface area contributed by atoms with Crippen molar-refractivity contribution < 1.29 is 32.8 Å². The first-order valence-corrected chi connectivity index (χ1v) is 9.81. The molecule has 0 aliphatic rings. The maximum atomic E-state index is 13.2. The normalized spacial score (nSPS) is 11.4. The first kappa shape index (κ1) is 23.4. The fraction of sp³-hybridized carbons (Fsp3) is 0.0909. The predicted molar refractivity (Wildman–Crippen MR) is 116 cm³/mol. The minimum absolute atomic E-state index is 0.0277. The van der Waals surface area contributed by atoms with Gasteiger partial charge in [-0.15, -0.1) is 0 Å². The van der Waals surface area contributed by atoms with Crippen LogP contribution in [-0.2, 0) is 6.18 Å². The zero-order valence-electron chi connectivity index (χ0n) is 17.7. The number of hydrogen-bond donors (Lipinski definition) is 2. The number of rotatable bonds is 5. The Morgan fingerprint density at radius 3 is 2.54 bits per heavy atom. The monoisotopic (exact) mass is 485 g/mol. The molecule has 0 aliphatic heterocycles. The van der Waals surface area contributed by atoms with E-state index >= 15 is 0 Å². The molecule has 0 bridgehead atoms. The zero-order chi connectivity index (χ0) is 25.5. The summed E-state index contributed by atoms with van der Waals surface area (Å²) in [4.78, 5) is 39.0. The highest BCUT2D eigenvalue weighted by Gasteiger charge is 2.33. The molecular formula is C22H14F3N5O5. The van der Waals surface area contributed by atoms with Gasteiger partial charge in [0.15, 0.2) is 5.65 Å². The van der Waals surface area contributed by atoms with Gasteiger partial charge in [-0.1, -0.05) is 6.07 Å². The van der Waals surface area contributed by atoms with E-state index in [4.69, 9.17) is 0 Å². The summed E-state index contributed by atoms with van der Waals surface area (Å²) in [6.45, 7) is 1.27. The summed E-state index contributed by atoms with van der Waals surface area (Å²) in [5.74, 6) is -2.15. The number of carbonyl (C=O) groups excluding carboxylic acids is 1. The first-order valence-electron chi connectivity index (χ1n) is 9.81. The number of aromatic carboxylic acids is 1. The largest absolute Gasteiger partial charge is 0.477 e. The van der Waals surface area contributed by atoms with Crippen LogP contribution in [0.25, 0.3) is 16.9 Å². The van der Waals surface area contributed by atoms with Crippen molar-refractivity contribution in [3.05, 3.63) is 87.2 Å². The Balaban J connectivity index is 1.77. The number of hydrogen-bond acceptors (Lipinski definition) is 6. The molecule has 0 saturated heterocycles.